The van der Waals surface area contributed by atoms with Crippen molar-refractivity contribution in [2.45, 2.75) is 26.3 Å². The third-order valence-electron chi connectivity index (χ3n) is 2.19. The molecule has 0 aromatic heterocycles. The summed E-state index contributed by atoms with van der Waals surface area (Å²) in [7, 11) is 0. The summed E-state index contributed by atoms with van der Waals surface area (Å²) in [5.41, 5.74) is 6.53. The molecule has 0 fully saturated rings. The lowest BCUT2D eigenvalue weighted by Crippen LogP contribution is -2.18. The fraction of sp³-hybridized carbons (Fsp3) is 0.538. The predicted molar refractivity (Wildman–Crippen MR) is 65.7 cm³/mol. The average Bonchev–Trinajstić information content (AvgIpc) is 2.22. The molecule has 0 saturated carbocycles. The molecule has 0 heterocycles. The van der Waals surface area contributed by atoms with Crippen molar-refractivity contribution in [1.29, 1.82) is 0 Å². The molecule has 3 nitrogen and oxygen atoms in total. The third kappa shape index (κ3) is 5.65. The Bertz CT molecular complexity index is 342. The van der Waals surface area contributed by atoms with Crippen molar-refractivity contribution in [3.05, 3.63) is 29.6 Å². The van der Waals surface area contributed by atoms with Crippen LogP contribution in [0, 0.1) is 5.82 Å². The molecule has 0 aliphatic heterocycles. The molecule has 0 amide bonds. The molecule has 0 aliphatic carbocycles. The van der Waals surface area contributed by atoms with Gasteiger partial charge < -0.3 is 15.2 Å². The van der Waals surface area contributed by atoms with Crippen LogP contribution in [0.25, 0.3) is 0 Å². The van der Waals surface area contributed by atoms with Crippen LogP contribution in [-0.2, 0) is 11.2 Å². The van der Waals surface area contributed by atoms with Gasteiger partial charge in [-0.25, -0.2) is 4.39 Å². The number of nitrogens with two attached hydrogens (primary N) is 1. The molecule has 1 atom stereocenters. The van der Waals surface area contributed by atoms with E-state index in [-0.39, 0.29) is 11.9 Å². The topological polar surface area (TPSA) is 44.5 Å². The maximum Gasteiger partial charge on any atom is 0.127 e. The Balaban J connectivity index is 2.56. The van der Waals surface area contributed by atoms with Gasteiger partial charge in [-0.1, -0.05) is 0 Å². The van der Waals surface area contributed by atoms with Gasteiger partial charge >= 0.3 is 0 Å². The van der Waals surface area contributed by atoms with Gasteiger partial charge in [0.2, 0.25) is 0 Å². The number of rotatable bonds is 7. The summed E-state index contributed by atoms with van der Waals surface area (Å²) in [5, 5.41) is 0. The minimum absolute atomic E-state index is 0.00748. The molecule has 0 aliphatic rings. The Morgan fingerprint density at radius 3 is 2.71 bits per heavy atom. The van der Waals surface area contributed by atoms with Crippen LogP contribution >= 0.6 is 0 Å². The second-order valence-corrected chi connectivity index (χ2v) is 4.02. The zero-order valence-electron chi connectivity index (χ0n) is 10.4. The molecular weight excluding hydrogens is 221 g/mol. The number of hydrogen-bond acceptors (Lipinski definition) is 3. The molecule has 1 aromatic carbocycles. The maximum atomic E-state index is 13.3. The molecular formula is C13H20FNO2. The van der Waals surface area contributed by atoms with E-state index in [1.165, 1.54) is 12.1 Å². The van der Waals surface area contributed by atoms with E-state index >= 15 is 0 Å². The number of hydrogen-bond donors (Lipinski definition) is 1. The van der Waals surface area contributed by atoms with Gasteiger partial charge in [-0.15, -0.1) is 0 Å². The van der Waals surface area contributed by atoms with Crippen molar-refractivity contribution in [2.24, 2.45) is 5.73 Å². The quantitative estimate of drug-likeness (QED) is 0.744. The van der Waals surface area contributed by atoms with Gasteiger partial charge in [0.15, 0.2) is 0 Å². The SMILES string of the molecule is CCOCCOc1cc(F)cc(CC(C)N)c1. The van der Waals surface area contributed by atoms with Crippen LogP contribution in [0.2, 0.25) is 0 Å². The van der Waals surface area contributed by atoms with E-state index in [9.17, 15) is 4.39 Å². The highest BCUT2D eigenvalue weighted by Gasteiger charge is 2.04. The Labute approximate surface area is 102 Å². The fourth-order valence-electron chi connectivity index (χ4n) is 1.56. The molecule has 1 aromatic rings. The highest BCUT2D eigenvalue weighted by atomic mass is 19.1. The lowest BCUT2D eigenvalue weighted by Gasteiger charge is -2.10. The van der Waals surface area contributed by atoms with Gasteiger partial charge in [0.1, 0.15) is 18.2 Å². The molecule has 0 saturated heterocycles. The summed E-state index contributed by atoms with van der Waals surface area (Å²) in [5.74, 6) is 0.231. The summed E-state index contributed by atoms with van der Waals surface area (Å²) < 4.78 is 23.8. The molecule has 0 spiro atoms. The van der Waals surface area contributed by atoms with E-state index in [0.29, 0.717) is 32.0 Å². The van der Waals surface area contributed by atoms with E-state index in [0.717, 1.165) is 5.56 Å². The molecule has 0 radical (unpaired) electrons. The smallest absolute Gasteiger partial charge is 0.127 e. The minimum Gasteiger partial charge on any atom is -0.491 e. The molecule has 4 heteroatoms. The Kier molecular flexibility index (Phi) is 5.94. The van der Waals surface area contributed by atoms with Crippen molar-refractivity contribution in [1.82, 2.24) is 0 Å². The zero-order chi connectivity index (χ0) is 12.7. The Hall–Kier alpha value is -1.13. The van der Waals surface area contributed by atoms with Gasteiger partial charge in [0.05, 0.1) is 6.61 Å². The van der Waals surface area contributed by atoms with E-state index < -0.39 is 0 Å². The van der Waals surface area contributed by atoms with Gasteiger partial charge in [0, 0.05) is 18.7 Å². The van der Waals surface area contributed by atoms with Crippen molar-refractivity contribution in [2.75, 3.05) is 19.8 Å². The minimum atomic E-state index is -0.297. The molecule has 0 bridgehead atoms. The number of benzene rings is 1. The maximum absolute atomic E-state index is 13.3. The highest BCUT2D eigenvalue weighted by Crippen LogP contribution is 2.17. The van der Waals surface area contributed by atoms with Crippen LogP contribution in [-0.4, -0.2) is 25.9 Å². The molecule has 17 heavy (non-hydrogen) atoms. The van der Waals surface area contributed by atoms with Crippen LogP contribution in [0.5, 0.6) is 5.75 Å². The first-order valence-corrected chi connectivity index (χ1v) is 5.87. The van der Waals surface area contributed by atoms with Gasteiger partial charge in [-0.05, 0) is 38.0 Å². The second-order valence-electron chi connectivity index (χ2n) is 4.02. The number of ether oxygens (including phenoxy) is 2. The first-order chi connectivity index (χ1) is 8.11. The first-order valence-electron chi connectivity index (χ1n) is 5.87. The summed E-state index contributed by atoms with van der Waals surface area (Å²) in [6, 6.07) is 4.68. The highest BCUT2D eigenvalue weighted by molar-refractivity contribution is 5.30. The zero-order valence-corrected chi connectivity index (χ0v) is 10.4. The lowest BCUT2D eigenvalue weighted by atomic mass is 10.1. The molecule has 1 unspecified atom stereocenters. The Morgan fingerprint density at radius 1 is 1.29 bits per heavy atom. The average molecular weight is 241 g/mol. The second kappa shape index (κ2) is 7.25. The van der Waals surface area contributed by atoms with Crippen molar-refractivity contribution in [3.63, 3.8) is 0 Å². The van der Waals surface area contributed by atoms with Gasteiger partial charge in [-0.2, -0.15) is 0 Å². The monoisotopic (exact) mass is 241 g/mol. The normalized spacial score (nSPS) is 12.5. The van der Waals surface area contributed by atoms with Crippen molar-refractivity contribution >= 4 is 0 Å². The standard InChI is InChI=1S/C13H20FNO2/c1-3-16-4-5-17-13-8-11(6-10(2)15)7-12(14)9-13/h7-10H,3-6,15H2,1-2H3. The molecule has 96 valence electrons. The largest absolute Gasteiger partial charge is 0.491 e. The van der Waals surface area contributed by atoms with Crippen LogP contribution in [0.1, 0.15) is 19.4 Å². The van der Waals surface area contributed by atoms with Crippen LogP contribution in [0.3, 0.4) is 0 Å². The Morgan fingerprint density at radius 2 is 2.06 bits per heavy atom. The van der Waals surface area contributed by atoms with Crippen LogP contribution in [0.15, 0.2) is 18.2 Å². The lowest BCUT2D eigenvalue weighted by molar-refractivity contribution is 0.110. The van der Waals surface area contributed by atoms with Crippen LogP contribution in [0.4, 0.5) is 4.39 Å². The van der Waals surface area contributed by atoms with Gasteiger partial charge in [0.25, 0.3) is 0 Å². The summed E-state index contributed by atoms with van der Waals surface area (Å²) in [6.45, 7) is 5.40. The predicted octanol–water partition coefficient (Wildman–Crippen LogP) is 2.13. The van der Waals surface area contributed by atoms with E-state index in [1.54, 1.807) is 0 Å². The third-order valence-corrected chi connectivity index (χ3v) is 2.19. The van der Waals surface area contributed by atoms with Gasteiger partial charge in [-0.3, -0.25) is 0 Å². The molecule has 2 N–H and O–H groups in total. The van der Waals surface area contributed by atoms with E-state index in [2.05, 4.69) is 0 Å². The summed E-state index contributed by atoms with van der Waals surface area (Å²) in [4.78, 5) is 0. The summed E-state index contributed by atoms with van der Waals surface area (Å²) in [6.07, 6.45) is 0.638. The van der Waals surface area contributed by atoms with E-state index in [4.69, 9.17) is 15.2 Å². The number of halogens is 1. The summed E-state index contributed by atoms with van der Waals surface area (Å²) >= 11 is 0. The fourth-order valence-corrected chi connectivity index (χ4v) is 1.56. The van der Waals surface area contributed by atoms with Crippen LogP contribution < -0.4 is 10.5 Å². The molecule has 1 rings (SSSR count). The first kappa shape index (κ1) is 13.9. The van der Waals surface area contributed by atoms with E-state index in [1.807, 2.05) is 19.9 Å². The van der Waals surface area contributed by atoms with Crippen molar-refractivity contribution in [3.8, 4) is 5.75 Å². The van der Waals surface area contributed by atoms with Crippen molar-refractivity contribution < 1.29 is 13.9 Å².